The second-order valence-corrected chi connectivity index (χ2v) is 7.55. The number of nitrogens with zero attached hydrogens (tertiary/aromatic N) is 2. The number of aliphatic carboxylic acids is 1. The van der Waals surface area contributed by atoms with Crippen LogP contribution in [0, 0.1) is 0 Å². The van der Waals surface area contributed by atoms with Crippen LogP contribution in [0.4, 0.5) is 0 Å². The number of rotatable bonds is 12. The molecule has 1 aliphatic rings. The molecule has 0 bridgehead atoms. The molecule has 0 saturated carbocycles. The minimum Gasteiger partial charge on any atom is -0.480 e. The second-order valence-electron chi connectivity index (χ2n) is 7.55. The number of likely N-dealkylation sites (tertiary alicyclic amines) is 1. The molecule has 0 radical (unpaired) electrons. The van der Waals surface area contributed by atoms with Crippen molar-refractivity contribution in [2.75, 3.05) is 19.7 Å². The number of nitrogens with one attached hydrogen (secondary N) is 2. The van der Waals surface area contributed by atoms with Crippen LogP contribution >= 0.6 is 0 Å². The Labute approximate surface area is 185 Å². The van der Waals surface area contributed by atoms with Crippen molar-refractivity contribution in [2.24, 2.45) is 22.2 Å². The summed E-state index contributed by atoms with van der Waals surface area (Å²) in [5.41, 5.74) is 16.0. The summed E-state index contributed by atoms with van der Waals surface area (Å²) in [6.07, 6.45) is -0.241. The van der Waals surface area contributed by atoms with E-state index in [1.54, 1.807) is 0 Å². The fourth-order valence-corrected chi connectivity index (χ4v) is 3.24. The van der Waals surface area contributed by atoms with Gasteiger partial charge < -0.3 is 48.1 Å². The average Bonchev–Trinajstić information content (AvgIpc) is 3.22. The first kappa shape index (κ1) is 27.1. The van der Waals surface area contributed by atoms with Gasteiger partial charge in [-0.1, -0.05) is 0 Å². The quantitative estimate of drug-likeness (QED) is 0.0793. The van der Waals surface area contributed by atoms with E-state index in [0.717, 1.165) is 4.90 Å². The molecule has 0 aromatic carbocycles. The van der Waals surface area contributed by atoms with E-state index in [2.05, 4.69) is 15.6 Å². The predicted octanol–water partition coefficient (Wildman–Crippen LogP) is -4.21. The Morgan fingerprint density at radius 2 is 1.84 bits per heavy atom. The molecular weight excluding hydrogens is 426 g/mol. The van der Waals surface area contributed by atoms with Crippen molar-refractivity contribution in [3.05, 3.63) is 0 Å². The monoisotopic (exact) mass is 459 g/mol. The first-order valence-corrected chi connectivity index (χ1v) is 10.2. The number of aliphatic hydroxyl groups excluding tert-OH is 2. The Morgan fingerprint density at radius 3 is 2.38 bits per heavy atom. The van der Waals surface area contributed by atoms with E-state index < -0.39 is 60.6 Å². The third kappa shape index (κ3) is 7.94. The van der Waals surface area contributed by atoms with Gasteiger partial charge in [0.1, 0.15) is 24.2 Å². The number of aliphatic hydroxyl groups is 2. The Hall–Kier alpha value is -2.97. The van der Waals surface area contributed by atoms with Gasteiger partial charge in [0, 0.05) is 13.1 Å². The van der Waals surface area contributed by atoms with Gasteiger partial charge in [-0.3, -0.25) is 19.4 Å². The highest BCUT2D eigenvalue weighted by atomic mass is 16.4. The second kappa shape index (κ2) is 12.8. The van der Waals surface area contributed by atoms with E-state index in [0.29, 0.717) is 6.42 Å². The van der Waals surface area contributed by atoms with Gasteiger partial charge in [-0.15, -0.1) is 0 Å². The first-order chi connectivity index (χ1) is 15.0. The number of carbonyl (C=O) groups excluding carboxylic acids is 3. The van der Waals surface area contributed by atoms with Crippen LogP contribution in [0.2, 0.25) is 0 Å². The number of aliphatic imine (C=N–C) groups is 1. The minimum absolute atomic E-state index is 0.0642. The van der Waals surface area contributed by atoms with E-state index in [9.17, 15) is 29.4 Å². The van der Waals surface area contributed by atoms with E-state index in [1.165, 1.54) is 6.92 Å². The van der Waals surface area contributed by atoms with Gasteiger partial charge >= 0.3 is 5.97 Å². The average molecular weight is 460 g/mol. The van der Waals surface area contributed by atoms with Crippen molar-refractivity contribution in [1.82, 2.24) is 15.5 Å². The maximum atomic E-state index is 12.9. The number of hydrogen-bond acceptors (Lipinski definition) is 8. The Bertz CT molecular complexity index is 712. The Balaban J connectivity index is 2.95. The molecule has 1 saturated heterocycles. The van der Waals surface area contributed by atoms with Crippen molar-refractivity contribution in [1.29, 1.82) is 0 Å². The van der Waals surface area contributed by atoms with Gasteiger partial charge in [-0.25, -0.2) is 4.79 Å². The Kier molecular flexibility index (Phi) is 10.8. The van der Waals surface area contributed by atoms with Gasteiger partial charge in [0.25, 0.3) is 0 Å². The number of amides is 3. The van der Waals surface area contributed by atoms with E-state index in [4.69, 9.17) is 22.3 Å². The number of guanidine groups is 1. The van der Waals surface area contributed by atoms with Gasteiger partial charge in [0.15, 0.2) is 5.96 Å². The van der Waals surface area contributed by atoms with Crippen LogP contribution in [0.3, 0.4) is 0 Å². The van der Waals surface area contributed by atoms with Crippen molar-refractivity contribution in [3.63, 3.8) is 0 Å². The van der Waals surface area contributed by atoms with E-state index in [-0.39, 0.29) is 38.3 Å². The summed E-state index contributed by atoms with van der Waals surface area (Å²) in [5, 5.41) is 33.2. The molecule has 0 spiro atoms. The maximum Gasteiger partial charge on any atom is 0.326 e. The standard InChI is InChI=1S/C18H33N7O7/c1-9(27)13(16(30)25-7-3-5-12(25)17(31)32)24-15(29)11(4-2-6-22-18(20)21)23-14(28)10(19)8-26/h9-13,26-27H,2-8,19H2,1H3,(H,23,28)(H,24,29)(H,31,32)(H4,20,21,22). The molecule has 0 aromatic rings. The largest absolute Gasteiger partial charge is 0.480 e. The van der Waals surface area contributed by atoms with Crippen molar-refractivity contribution in [2.45, 2.75) is 62.9 Å². The zero-order valence-corrected chi connectivity index (χ0v) is 17.9. The maximum absolute atomic E-state index is 12.9. The summed E-state index contributed by atoms with van der Waals surface area (Å²) in [4.78, 5) is 54.1. The van der Waals surface area contributed by atoms with Gasteiger partial charge in [-0.05, 0) is 32.6 Å². The summed E-state index contributed by atoms with van der Waals surface area (Å²) in [7, 11) is 0. The van der Waals surface area contributed by atoms with E-state index >= 15 is 0 Å². The predicted molar refractivity (Wildman–Crippen MR) is 113 cm³/mol. The Morgan fingerprint density at radius 1 is 1.19 bits per heavy atom. The highest BCUT2D eigenvalue weighted by Crippen LogP contribution is 2.19. The van der Waals surface area contributed by atoms with Crippen LogP contribution < -0.4 is 27.8 Å². The lowest BCUT2D eigenvalue weighted by molar-refractivity contribution is -0.150. The van der Waals surface area contributed by atoms with Crippen molar-refractivity contribution in [3.8, 4) is 0 Å². The van der Waals surface area contributed by atoms with Crippen molar-refractivity contribution < 1.29 is 34.5 Å². The minimum atomic E-state index is -1.42. The molecular formula is C18H33N7O7. The van der Waals surface area contributed by atoms with Crippen LogP contribution in [0.5, 0.6) is 0 Å². The fourth-order valence-electron chi connectivity index (χ4n) is 3.24. The summed E-state index contributed by atoms with van der Waals surface area (Å²) in [5.74, 6) is -3.64. The molecule has 32 heavy (non-hydrogen) atoms. The first-order valence-electron chi connectivity index (χ1n) is 10.2. The molecule has 11 N–H and O–H groups in total. The number of nitrogens with two attached hydrogens (primary N) is 3. The smallest absolute Gasteiger partial charge is 0.326 e. The van der Waals surface area contributed by atoms with Crippen LogP contribution in [-0.4, -0.2) is 99.8 Å². The summed E-state index contributed by atoms with van der Waals surface area (Å²) in [6.45, 7) is 0.983. The number of carboxylic acids is 1. The molecule has 5 atom stereocenters. The van der Waals surface area contributed by atoms with Gasteiger partial charge in [0.2, 0.25) is 17.7 Å². The summed E-state index contributed by atoms with van der Waals surface area (Å²) >= 11 is 0. The fraction of sp³-hybridized carbons (Fsp3) is 0.722. The highest BCUT2D eigenvalue weighted by Gasteiger charge is 2.40. The van der Waals surface area contributed by atoms with Crippen molar-refractivity contribution >= 4 is 29.7 Å². The zero-order chi connectivity index (χ0) is 24.4. The number of hydrogen-bond donors (Lipinski definition) is 8. The lowest BCUT2D eigenvalue weighted by Gasteiger charge is -2.30. The molecule has 1 fully saturated rings. The van der Waals surface area contributed by atoms with Gasteiger partial charge in [-0.2, -0.15) is 0 Å². The lowest BCUT2D eigenvalue weighted by atomic mass is 10.1. The molecule has 0 aliphatic carbocycles. The lowest BCUT2D eigenvalue weighted by Crippen LogP contribution is -2.60. The van der Waals surface area contributed by atoms with E-state index in [1.807, 2.05) is 0 Å². The highest BCUT2D eigenvalue weighted by molar-refractivity contribution is 5.94. The van der Waals surface area contributed by atoms with Crippen LogP contribution in [-0.2, 0) is 19.2 Å². The topological polar surface area (TPSA) is 247 Å². The van der Waals surface area contributed by atoms with Crippen LogP contribution in [0.25, 0.3) is 0 Å². The molecule has 5 unspecified atom stereocenters. The molecule has 3 amide bonds. The molecule has 0 aromatic heterocycles. The molecule has 1 aliphatic heterocycles. The SMILES string of the molecule is CC(O)C(NC(=O)C(CCCN=C(N)N)NC(=O)C(N)CO)C(=O)N1CCCC1C(=O)O. The molecule has 182 valence electrons. The number of carboxylic acid groups (broad SMARTS) is 1. The summed E-state index contributed by atoms with van der Waals surface area (Å²) < 4.78 is 0. The third-order valence-corrected chi connectivity index (χ3v) is 4.98. The van der Waals surface area contributed by atoms with Gasteiger partial charge in [0.05, 0.1) is 12.7 Å². The molecule has 14 heteroatoms. The third-order valence-electron chi connectivity index (χ3n) is 4.98. The van der Waals surface area contributed by atoms with Crippen LogP contribution in [0.15, 0.2) is 4.99 Å². The molecule has 1 heterocycles. The van der Waals surface area contributed by atoms with Crippen LogP contribution in [0.1, 0.15) is 32.6 Å². The normalized spacial score (nSPS) is 19.4. The summed E-state index contributed by atoms with van der Waals surface area (Å²) in [6, 6.07) is -4.90. The zero-order valence-electron chi connectivity index (χ0n) is 17.9. The molecule has 1 rings (SSSR count). The number of carbonyl (C=O) groups is 4. The molecule has 14 nitrogen and oxygen atoms in total.